The molecule has 2 aromatic rings. The second-order valence-electron chi connectivity index (χ2n) is 6.11. The maximum Gasteiger partial charge on any atom is 0.340 e. The monoisotopic (exact) mass is 458 g/mol. The summed E-state index contributed by atoms with van der Waals surface area (Å²) in [5.41, 5.74) is -0.185. The van der Waals surface area contributed by atoms with E-state index in [0.29, 0.717) is 0 Å². The van der Waals surface area contributed by atoms with Crippen molar-refractivity contribution in [2.24, 2.45) is 0 Å². The van der Waals surface area contributed by atoms with Crippen LogP contribution in [0.5, 0.6) is 11.5 Å². The van der Waals surface area contributed by atoms with Gasteiger partial charge in [-0.3, -0.25) is 4.72 Å². The van der Waals surface area contributed by atoms with Crippen molar-refractivity contribution >= 4 is 31.7 Å². The van der Waals surface area contributed by atoms with Gasteiger partial charge in [-0.25, -0.2) is 25.9 Å². The smallest absolute Gasteiger partial charge is 0.340 e. The number of hydrogen-bond acceptors (Lipinski definition) is 8. The van der Waals surface area contributed by atoms with Crippen LogP contribution in [0.15, 0.2) is 46.2 Å². The second kappa shape index (κ2) is 8.90. The van der Waals surface area contributed by atoms with Crippen molar-refractivity contribution in [2.45, 2.75) is 9.79 Å². The van der Waals surface area contributed by atoms with E-state index in [1.54, 1.807) is 0 Å². The molecule has 0 heterocycles. The zero-order valence-corrected chi connectivity index (χ0v) is 18.6. The van der Waals surface area contributed by atoms with Gasteiger partial charge in [0.15, 0.2) is 11.5 Å². The molecule has 10 nitrogen and oxygen atoms in total. The predicted molar refractivity (Wildman–Crippen MR) is 109 cm³/mol. The molecule has 0 fully saturated rings. The Labute approximate surface area is 175 Å². The van der Waals surface area contributed by atoms with Gasteiger partial charge < -0.3 is 14.2 Å². The molecule has 0 aliphatic rings. The Balaban J connectivity index is 2.49. The van der Waals surface area contributed by atoms with E-state index in [1.165, 1.54) is 52.6 Å². The number of benzene rings is 2. The molecule has 164 valence electrons. The van der Waals surface area contributed by atoms with Crippen LogP contribution in [-0.2, 0) is 24.8 Å². The summed E-state index contributed by atoms with van der Waals surface area (Å²) in [6.45, 7) is 0. The first-order chi connectivity index (χ1) is 14.0. The largest absolute Gasteiger partial charge is 0.493 e. The number of methoxy groups -OCH3 is 3. The first-order valence-corrected chi connectivity index (χ1v) is 11.3. The fourth-order valence-corrected chi connectivity index (χ4v) is 4.42. The van der Waals surface area contributed by atoms with E-state index >= 15 is 0 Å². The van der Waals surface area contributed by atoms with Crippen molar-refractivity contribution in [3.8, 4) is 11.5 Å². The number of hydrogen-bond donors (Lipinski definition) is 1. The standard InChI is InChI=1S/C18H22N2O8S2/c1-20(2)30(24,25)13-8-6-12(7-9-13)29(22,23)19-15-11-17(27-4)16(26-3)10-14(15)18(21)28-5/h6-11,19H,1-5H3. The maximum atomic E-state index is 12.8. The van der Waals surface area contributed by atoms with Gasteiger partial charge in [0.2, 0.25) is 10.0 Å². The number of rotatable bonds is 8. The van der Waals surface area contributed by atoms with Crippen LogP contribution < -0.4 is 14.2 Å². The SMILES string of the molecule is COC(=O)c1cc(OC)c(OC)cc1NS(=O)(=O)c1ccc(S(=O)(=O)N(C)C)cc1. The maximum absolute atomic E-state index is 12.8. The lowest BCUT2D eigenvalue weighted by molar-refractivity contribution is 0.0601. The van der Waals surface area contributed by atoms with Crippen molar-refractivity contribution in [2.75, 3.05) is 40.1 Å². The predicted octanol–water partition coefficient (Wildman–Crippen LogP) is 1.54. The molecule has 2 aromatic carbocycles. The Morgan fingerprint density at radius 2 is 1.37 bits per heavy atom. The van der Waals surface area contributed by atoms with Crippen LogP contribution in [0.1, 0.15) is 10.4 Å². The zero-order valence-electron chi connectivity index (χ0n) is 17.0. The van der Waals surface area contributed by atoms with Gasteiger partial charge in [-0.05, 0) is 24.3 Å². The summed E-state index contributed by atoms with van der Waals surface area (Å²) >= 11 is 0. The lowest BCUT2D eigenvalue weighted by Gasteiger charge is -2.16. The van der Waals surface area contributed by atoms with Gasteiger partial charge >= 0.3 is 5.97 Å². The van der Waals surface area contributed by atoms with Crippen molar-refractivity contribution in [3.05, 3.63) is 42.0 Å². The molecule has 0 saturated heterocycles. The third-order valence-electron chi connectivity index (χ3n) is 4.09. The van der Waals surface area contributed by atoms with E-state index in [4.69, 9.17) is 14.2 Å². The first-order valence-electron chi connectivity index (χ1n) is 8.37. The molecule has 2 rings (SSSR count). The minimum Gasteiger partial charge on any atom is -0.493 e. The Hall–Kier alpha value is -2.83. The van der Waals surface area contributed by atoms with Crippen molar-refractivity contribution < 1.29 is 35.8 Å². The van der Waals surface area contributed by atoms with Gasteiger partial charge in [0.1, 0.15) is 0 Å². The molecular formula is C18H22N2O8S2. The highest BCUT2D eigenvalue weighted by Crippen LogP contribution is 2.34. The Bertz CT molecular complexity index is 1140. The fourth-order valence-electron chi connectivity index (χ4n) is 2.45. The number of anilines is 1. The fraction of sp³-hybridized carbons (Fsp3) is 0.278. The summed E-state index contributed by atoms with van der Waals surface area (Å²) in [7, 11) is -1.26. The van der Waals surface area contributed by atoms with Gasteiger partial charge in [-0.2, -0.15) is 0 Å². The summed E-state index contributed by atoms with van der Waals surface area (Å²) < 4.78 is 68.3. The molecule has 0 aliphatic heterocycles. The van der Waals surface area contributed by atoms with E-state index in [2.05, 4.69) is 4.72 Å². The topological polar surface area (TPSA) is 128 Å². The van der Waals surface area contributed by atoms with Crippen LogP contribution >= 0.6 is 0 Å². The van der Waals surface area contributed by atoms with Crippen LogP contribution in [0.4, 0.5) is 5.69 Å². The minimum atomic E-state index is -4.17. The number of nitrogens with zero attached hydrogens (tertiary/aromatic N) is 1. The van der Waals surface area contributed by atoms with E-state index in [0.717, 1.165) is 23.5 Å². The van der Waals surface area contributed by atoms with E-state index in [9.17, 15) is 21.6 Å². The number of ether oxygens (including phenoxy) is 3. The van der Waals surface area contributed by atoms with Crippen LogP contribution in [0.3, 0.4) is 0 Å². The Morgan fingerprint density at radius 3 is 1.83 bits per heavy atom. The zero-order chi connectivity index (χ0) is 22.7. The molecule has 12 heteroatoms. The molecule has 0 saturated carbocycles. The summed E-state index contributed by atoms with van der Waals surface area (Å²) in [6, 6.07) is 7.23. The molecule has 0 bridgehead atoms. The lowest BCUT2D eigenvalue weighted by Crippen LogP contribution is -2.22. The third kappa shape index (κ3) is 4.66. The summed E-state index contributed by atoms with van der Waals surface area (Å²) in [4.78, 5) is 11.9. The molecule has 0 spiro atoms. The van der Waals surface area contributed by atoms with Crippen molar-refractivity contribution in [3.63, 3.8) is 0 Å². The molecule has 0 aliphatic carbocycles. The third-order valence-corrected chi connectivity index (χ3v) is 7.30. The number of esters is 1. The Morgan fingerprint density at radius 1 is 0.867 bits per heavy atom. The molecule has 0 atom stereocenters. The summed E-state index contributed by atoms with van der Waals surface area (Å²) in [6.07, 6.45) is 0. The van der Waals surface area contributed by atoms with Crippen LogP contribution in [-0.4, -0.2) is 62.5 Å². The van der Waals surface area contributed by atoms with Gasteiger partial charge in [-0.1, -0.05) is 0 Å². The summed E-state index contributed by atoms with van der Waals surface area (Å²) in [5, 5.41) is 0. The van der Waals surface area contributed by atoms with Crippen LogP contribution in [0, 0.1) is 0 Å². The first kappa shape index (κ1) is 23.4. The molecule has 30 heavy (non-hydrogen) atoms. The van der Waals surface area contributed by atoms with Gasteiger partial charge in [0.05, 0.1) is 42.4 Å². The van der Waals surface area contributed by atoms with E-state index < -0.39 is 26.0 Å². The second-order valence-corrected chi connectivity index (χ2v) is 9.94. The lowest BCUT2D eigenvalue weighted by atomic mass is 10.1. The number of nitrogens with one attached hydrogen (secondary N) is 1. The molecule has 1 N–H and O–H groups in total. The van der Waals surface area contributed by atoms with E-state index in [1.807, 2.05) is 0 Å². The van der Waals surface area contributed by atoms with Crippen LogP contribution in [0.25, 0.3) is 0 Å². The highest BCUT2D eigenvalue weighted by molar-refractivity contribution is 7.92. The van der Waals surface area contributed by atoms with Gasteiger partial charge in [0.25, 0.3) is 10.0 Å². The molecule has 0 radical (unpaired) electrons. The molecular weight excluding hydrogens is 436 g/mol. The number of sulfonamides is 2. The average molecular weight is 459 g/mol. The van der Waals surface area contributed by atoms with Crippen LogP contribution in [0.2, 0.25) is 0 Å². The normalized spacial score (nSPS) is 11.8. The minimum absolute atomic E-state index is 0.0622. The number of carbonyl (C=O) groups excluding carboxylic acids is 1. The highest BCUT2D eigenvalue weighted by atomic mass is 32.2. The quantitative estimate of drug-likeness (QED) is 0.590. The number of carbonyl (C=O) groups is 1. The van der Waals surface area contributed by atoms with Crippen molar-refractivity contribution in [1.29, 1.82) is 0 Å². The van der Waals surface area contributed by atoms with Gasteiger partial charge in [0, 0.05) is 26.2 Å². The van der Waals surface area contributed by atoms with E-state index in [-0.39, 0.29) is 32.5 Å². The summed E-state index contributed by atoms with van der Waals surface area (Å²) in [5.74, 6) is -0.393. The highest BCUT2D eigenvalue weighted by Gasteiger charge is 2.24. The molecule has 0 aromatic heterocycles. The molecule has 0 unspecified atom stereocenters. The molecule has 0 amide bonds. The van der Waals surface area contributed by atoms with Crippen molar-refractivity contribution in [1.82, 2.24) is 4.31 Å². The van der Waals surface area contributed by atoms with Gasteiger partial charge in [-0.15, -0.1) is 0 Å². The Kier molecular flexibility index (Phi) is 6.95. The average Bonchev–Trinajstić information content (AvgIpc) is 2.72.